The Bertz CT molecular complexity index is 651. The summed E-state index contributed by atoms with van der Waals surface area (Å²) in [6.07, 6.45) is 1.88. The summed E-state index contributed by atoms with van der Waals surface area (Å²) in [4.78, 5) is 0. The van der Waals surface area contributed by atoms with E-state index in [-0.39, 0.29) is 0 Å². The zero-order valence-corrected chi connectivity index (χ0v) is 13.2. The minimum atomic E-state index is 0.717. The monoisotopic (exact) mass is 305 g/mol. The second kappa shape index (κ2) is 6.08. The Kier molecular flexibility index (Phi) is 4.17. The average Bonchev–Trinajstić information content (AvgIpc) is 3.05. The van der Waals surface area contributed by atoms with Crippen molar-refractivity contribution in [3.8, 4) is 5.69 Å². The van der Waals surface area contributed by atoms with Crippen LogP contribution in [0, 0.1) is 6.92 Å². The van der Waals surface area contributed by atoms with E-state index in [1.807, 2.05) is 29.8 Å². The van der Waals surface area contributed by atoms with Gasteiger partial charge in [0.25, 0.3) is 0 Å². The maximum absolute atomic E-state index is 6.15. The number of fused-ring (bicyclic) bond motifs is 1. The molecule has 21 heavy (non-hydrogen) atoms. The number of hydrogen-bond acceptors (Lipinski definition) is 3. The van der Waals surface area contributed by atoms with Gasteiger partial charge in [-0.05, 0) is 38.0 Å². The molecule has 112 valence electrons. The Morgan fingerprint density at radius 1 is 1.43 bits per heavy atom. The molecule has 1 aliphatic heterocycles. The SMILES string of the molecule is CCOCCc1nn(-c2cc(Cl)ccc2C)c2c1CCN2. The normalized spacial score (nSPS) is 13.3. The smallest absolute Gasteiger partial charge is 0.133 e. The summed E-state index contributed by atoms with van der Waals surface area (Å²) in [5.74, 6) is 1.10. The number of nitrogens with zero attached hydrogens (tertiary/aromatic N) is 2. The molecule has 4 nitrogen and oxygen atoms in total. The van der Waals surface area contributed by atoms with Crippen molar-refractivity contribution < 1.29 is 4.74 Å². The lowest BCUT2D eigenvalue weighted by molar-refractivity contribution is 0.150. The lowest BCUT2D eigenvalue weighted by Crippen LogP contribution is -2.07. The van der Waals surface area contributed by atoms with Crippen LogP contribution in [0.15, 0.2) is 18.2 Å². The molecule has 5 heteroatoms. The van der Waals surface area contributed by atoms with Crippen LogP contribution in [0.3, 0.4) is 0 Å². The second-order valence-electron chi connectivity index (χ2n) is 5.24. The van der Waals surface area contributed by atoms with Crippen LogP contribution in [0.5, 0.6) is 0 Å². The van der Waals surface area contributed by atoms with Gasteiger partial charge >= 0.3 is 0 Å². The van der Waals surface area contributed by atoms with Crippen molar-refractivity contribution in [3.05, 3.63) is 40.0 Å². The molecular weight excluding hydrogens is 286 g/mol. The zero-order chi connectivity index (χ0) is 14.8. The van der Waals surface area contributed by atoms with Crippen molar-refractivity contribution in [2.45, 2.75) is 26.7 Å². The molecule has 1 N–H and O–H groups in total. The highest BCUT2D eigenvalue weighted by atomic mass is 35.5. The minimum Gasteiger partial charge on any atom is -0.381 e. The van der Waals surface area contributed by atoms with Gasteiger partial charge in [-0.3, -0.25) is 0 Å². The average molecular weight is 306 g/mol. The van der Waals surface area contributed by atoms with Gasteiger partial charge in [0.1, 0.15) is 5.82 Å². The van der Waals surface area contributed by atoms with Gasteiger partial charge in [-0.2, -0.15) is 5.10 Å². The standard InChI is InChI=1S/C16H20ClN3O/c1-3-21-9-7-14-13-6-8-18-16(13)20(19-14)15-10-12(17)5-4-11(15)2/h4-5,10,18H,3,6-9H2,1-2H3. The maximum Gasteiger partial charge on any atom is 0.133 e. The van der Waals surface area contributed by atoms with Crippen molar-refractivity contribution in [2.75, 3.05) is 25.1 Å². The molecule has 0 spiro atoms. The third-order valence-electron chi connectivity index (χ3n) is 3.82. The van der Waals surface area contributed by atoms with Crippen LogP contribution in [0.2, 0.25) is 5.02 Å². The Balaban J connectivity index is 1.99. The first-order valence-electron chi connectivity index (χ1n) is 7.39. The number of nitrogens with one attached hydrogen (secondary N) is 1. The third-order valence-corrected chi connectivity index (χ3v) is 4.06. The van der Waals surface area contributed by atoms with Crippen LogP contribution in [0.4, 0.5) is 5.82 Å². The minimum absolute atomic E-state index is 0.717. The molecular formula is C16H20ClN3O. The molecule has 0 bridgehead atoms. The number of aryl methyl sites for hydroxylation is 1. The second-order valence-corrected chi connectivity index (χ2v) is 5.68. The zero-order valence-electron chi connectivity index (χ0n) is 12.4. The number of benzene rings is 1. The van der Waals surface area contributed by atoms with Gasteiger partial charge in [0.05, 0.1) is 18.0 Å². The fourth-order valence-electron chi connectivity index (χ4n) is 2.74. The number of ether oxygens (including phenoxy) is 1. The number of anilines is 1. The van der Waals surface area contributed by atoms with Crippen LogP contribution >= 0.6 is 11.6 Å². The van der Waals surface area contributed by atoms with Crippen LogP contribution in [-0.4, -0.2) is 29.5 Å². The topological polar surface area (TPSA) is 39.1 Å². The molecule has 0 saturated heterocycles. The molecule has 1 aromatic carbocycles. The van der Waals surface area contributed by atoms with Crippen LogP contribution in [0.1, 0.15) is 23.7 Å². The Morgan fingerprint density at radius 3 is 3.10 bits per heavy atom. The van der Waals surface area contributed by atoms with Gasteiger partial charge in [-0.25, -0.2) is 4.68 Å². The summed E-state index contributed by atoms with van der Waals surface area (Å²) in [5.41, 5.74) is 4.64. The van der Waals surface area contributed by atoms with E-state index in [4.69, 9.17) is 21.4 Å². The van der Waals surface area contributed by atoms with E-state index in [2.05, 4.69) is 12.2 Å². The summed E-state index contributed by atoms with van der Waals surface area (Å²) >= 11 is 6.15. The lowest BCUT2D eigenvalue weighted by Gasteiger charge is -2.10. The molecule has 0 saturated carbocycles. The number of hydrogen-bond donors (Lipinski definition) is 1. The Hall–Kier alpha value is -1.52. The Labute approximate surface area is 130 Å². The summed E-state index contributed by atoms with van der Waals surface area (Å²) in [6.45, 7) is 6.52. The van der Waals surface area contributed by atoms with E-state index in [1.165, 1.54) is 5.56 Å². The molecule has 0 radical (unpaired) electrons. The molecule has 2 aromatic rings. The van der Waals surface area contributed by atoms with Crippen molar-refractivity contribution in [3.63, 3.8) is 0 Å². The molecule has 0 amide bonds. The van der Waals surface area contributed by atoms with Crippen LogP contribution < -0.4 is 5.32 Å². The first kappa shape index (κ1) is 14.4. The molecule has 1 aromatic heterocycles. The first-order valence-corrected chi connectivity index (χ1v) is 7.77. The van der Waals surface area contributed by atoms with Gasteiger partial charge in [-0.1, -0.05) is 17.7 Å². The van der Waals surface area contributed by atoms with Crippen molar-refractivity contribution in [2.24, 2.45) is 0 Å². The molecule has 0 fully saturated rings. The van der Waals surface area contributed by atoms with Crippen molar-refractivity contribution in [1.82, 2.24) is 9.78 Å². The quantitative estimate of drug-likeness (QED) is 0.861. The predicted molar refractivity (Wildman–Crippen MR) is 85.7 cm³/mol. The Morgan fingerprint density at radius 2 is 2.29 bits per heavy atom. The third kappa shape index (κ3) is 2.78. The fraction of sp³-hybridized carbons (Fsp3) is 0.438. The number of rotatable bonds is 5. The number of aromatic nitrogens is 2. The van der Waals surface area contributed by atoms with Gasteiger partial charge < -0.3 is 10.1 Å². The summed E-state index contributed by atoms with van der Waals surface area (Å²) in [7, 11) is 0. The highest BCUT2D eigenvalue weighted by Crippen LogP contribution is 2.31. The van der Waals surface area contributed by atoms with Crippen LogP contribution in [-0.2, 0) is 17.6 Å². The van der Waals surface area contributed by atoms with Crippen LogP contribution in [0.25, 0.3) is 5.69 Å². The van der Waals surface area contributed by atoms with Gasteiger partial charge in [0.15, 0.2) is 0 Å². The fourth-order valence-corrected chi connectivity index (χ4v) is 2.91. The van der Waals surface area contributed by atoms with E-state index < -0.39 is 0 Å². The van der Waals surface area contributed by atoms with E-state index in [1.54, 1.807) is 0 Å². The molecule has 1 aliphatic rings. The summed E-state index contributed by atoms with van der Waals surface area (Å²) < 4.78 is 7.46. The molecule has 0 unspecified atom stereocenters. The van der Waals surface area contributed by atoms with Gasteiger partial charge in [0, 0.05) is 30.2 Å². The van der Waals surface area contributed by atoms with E-state index in [0.717, 1.165) is 53.8 Å². The molecule has 3 rings (SSSR count). The highest BCUT2D eigenvalue weighted by Gasteiger charge is 2.23. The molecule has 0 aliphatic carbocycles. The van der Waals surface area contributed by atoms with Gasteiger partial charge in [-0.15, -0.1) is 0 Å². The highest BCUT2D eigenvalue weighted by molar-refractivity contribution is 6.30. The predicted octanol–water partition coefficient (Wildman–Crippen LogP) is 3.38. The molecule has 2 heterocycles. The van der Waals surface area contributed by atoms with E-state index in [9.17, 15) is 0 Å². The lowest BCUT2D eigenvalue weighted by atomic mass is 10.1. The summed E-state index contributed by atoms with van der Waals surface area (Å²) in [5, 5.41) is 8.96. The first-order chi connectivity index (χ1) is 10.2. The van der Waals surface area contributed by atoms with E-state index >= 15 is 0 Å². The largest absolute Gasteiger partial charge is 0.381 e. The molecule has 0 atom stereocenters. The maximum atomic E-state index is 6.15. The van der Waals surface area contributed by atoms with Gasteiger partial charge in [0.2, 0.25) is 0 Å². The van der Waals surface area contributed by atoms with Crippen molar-refractivity contribution >= 4 is 17.4 Å². The number of halogens is 1. The summed E-state index contributed by atoms with van der Waals surface area (Å²) in [6, 6.07) is 5.91. The van der Waals surface area contributed by atoms with Crippen molar-refractivity contribution in [1.29, 1.82) is 0 Å². The van der Waals surface area contributed by atoms with E-state index in [0.29, 0.717) is 6.61 Å².